The number of H-pyrrole nitrogens is 1. The van der Waals surface area contributed by atoms with E-state index < -0.39 is 5.67 Å². The van der Waals surface area contributed by atoms with Gasteiger partial charge in [0, 0.05) is 47.0 Å². The number of nitrogens with zero attached hydrogens (tertiary/aromatic N) is 1. The molecular weight excluding hydrogens is 357 g/mol. The van der Waals surface area contributed by atoms with Gasteiger partial charge in [-0.05, 0) is 24.1 Å². The van der Waals surface area contributed by atoms with Gasteiger partial charge in [-0.3, -0.25) is 4.90 Å². The number of aromatic amines is 1. The number of para-hydroxylation sites is 1. The van der Waals surface area contributed by atoms with Gasteiger partial charge in [0.1, 0.15) is 5.75 Å². The molecule has 5 rings (SSSR count). The Labute approximate surface area is 163 Å². The van der Waals surface area contributed by atoms with Crippen molar-refractivity contribution in [1.29, 1.82) is 0 Å². The van der Waals surface area contributed by atoms with Crippen molar-refractivity contribution in [1.82, 2.24) is 9.88 Å². The first-order valence-corrected chi connectivity index (χ1v) is 9.61. The Morgan fingerprint density at radius 1 is 1.29 bits per heavy atom. The minimum atomic E-state index is -1.29. The summed E-state index contributed by atoms with van der Waals surface area (Å²) in [7, 11) is 1.65. The Morgan fingerprint density at radius 2 is 2.11 bits per heavy atom. The fourth-order valence-electron chi connectivity index (χ4n) is 4.55. The maximum atomic E-state index is 15.0. The van der Waals surface area contributed by atoms with Crippen molar-refractivity contribution in [2.45, 2.75) is 18.1 Å². The van der Waals surface area contributed by atoms with Gasteiger partial charge in [0.25, 0.3) is 0 Å². The van der Waals surface area contributed by atoms with E-state index in [1.807, 2.05) is 24.3 Å². The van der Waals surface area contributed by atoms with E-state index >= 15 is 0 Å². The molecule has 6 heteroatoms. The number of nitrogen functional groups attached to an aromatic ring is 1. The van der Waals surface area contributed by atoms with Crippen LogP contribution in [0, 0.1) is 0 Å². The quantitative estimate of drug-likeness (QED) is 0.680. The summed E-state index contributed by atoms with van der Waals surface area (Å²) in [6, 6.07) is 13.9. The van der Waals surface area contributed by atoms with E-state index in [2.05, 4.69) is 28.1 Å². The van der Waals surface area contributed by atoms with Gasteiger partial charge in [0.15, 0.2) is 5.67 Å². The molecule has 3 aromatic rings. The highest BCUT2D eigenvalue weighted by atomic mass is 19.1. The number of halogens is 1. The highest BCUT2D eigenvalue weighted by Crippen LogP contribution is 2.43. The highest BCUT2D eigenvalue weighted by molar-refractivity contribution is 5.85. The van der Waals surface area contributed by atoms with E-state index in [0.29, 0.717) is 12.2 Å². The van der Waals surface area contributed by atoms with Crippen LogP contribution in [-0.4, -0.2) is 49.0 Å². The van der Waals surface area contributed by atoms with Crippen LogP contribution in [-0.2, 0) is 11.2 Å². The molecule has 0 aliphatic carbocycles. The molecule has 1 saturated heterocycles. The molecule has 3 N–H and O–H groups in total. The fourth-order valence-corrected chi connectivity index (χ4v) is 4.55. The Hall–Kier alpha value is -2.57. The van der Waals surface area contributed by atoms with Crippen LogP contribution in [0.15, 0.2) is 42.5 Å². The maximum absolute atomic E-state index is 15.0. The second-order valence-electron chi connectivity index (χ2n) is 7.83. The lowest BCUT2D eigenvalue weighted by Crippen LogP contribution is -2.55. The predicted octanol–water partition coefficient (Wildman–Crippen LogP) is 3.44. The molecule has 2 aliphatic heterocycles. The summed E-state index contributed by atoms with van der Waals surface area (Å²) in [6.07, 6.45) is 0.879. The predicted molar refractivity (Wildman–Crippen MR) is 107 cm³/mol. The molecule has 1 fully saturated rings. The second kappa shape index (κ2) is 6.50. The third-order valence-electron chi connectivity index (χ3n) is 5.89. The summed E-state index contributed by atoms with van der Waals surface area (Å²) in [5, 5.41) is 1.23. The Morgan fingerprint density at radius 3 is 2.86 bits per heavy atom. The van der Waals surface area contributed by atoms with Crippen molar-refractivity contribution >= 4 is 16.6 Å². The van der Waals surface area contributed by atoms with Gasteiger partial charge in [-0.2, -0.15) is 0 Å². The SMILES string of the molecule is COc1cc(N)ccc1C1c2[nH]c3ccccc3c2CCN1CC1(F)COC1. The van der Waals surface area contributed by atoms with Crippen LogP contribution in [0.25, 0.3) is 10.9 Å². The molecule has 28 heavy (non-hydrogen) atoms. The van der Waals surface area contributed by atoms with Crippen LogP contribution in [0.2, 0.25) is 0 Å². The molecule has 1 unspecified atom stereocenters. The van der Waals surface area contributed by atoms with Crippen LogP contribution in [0.5, 0.6) is 5.75 Å². The number of hydrogen-bond donors (Lipinski definition) is 2. The summed E-state index contributed by atoms with van der Waals surface area (Å²) in [4.78, 5) is 5.80. The zero-order valence-electron chi connectivity index (χ0n) is 15.9. The average Bonchev–Trinajstić information content (AvgIpc) is 3.05. The zero-order valence-corrected chi connectivity index (χ0v) is 15.9. The molecule has 0 amide bonds. The number of ether oxygens (including phenoxy) is 2. The summed E-state index contributed by atoms with van der Waals surface area (Å²) >= 11 is 0. The molecule has 2 aliphatic rings. The van der Waals surface area contributed by atoms with Gasteiger partial charge in [0.05, 0.1) is 26.4 Å². The molecule has 1 atom stereocenters. The van der Waals surface area contributed by atoms with Crippen molar-refractivity contribution in [3.8, 4) is 5.75 Å². The third-order valence-corrected chi connectivity index (χ3v) is 5.89. The number of methoxy groups -OCH3 is 1. The molecule has 0 saturated carbocycles. The van der Waals surface area contributed by atoms with Gasteiger partial charge < -0.3 is 20.2 Å². The van der Waals surface area contributed by atoms with Crippen molar-refractivity contribution in [3.05, 3.63) is 59.3 Å². The first-order chi connectivity index (χ1) is 13.6. The zero-order chi connectivity index (χ0) is 19.3. The Balaban J connectivity index is 1.66. The molecule has 0 spiro atoms. The van der Waals surface area contributed by atoms with E-state index in [9.17, 15) is 4.39 Å². The van der Waals surface area contributed by atoms with E-state index in [1.165, 1.54) is 10.9 Å². The topological polar surface area (TPSA) is 63.5 Å². The monoisotopic (exact) mass is 381 g/mol. The number of rotatable bonds is 4. The van der Waals surface area contributed by atoms with Crippen LogP contribution in [0.4, 0.5) is 10.1 Å². The third kappa shape index (κ3) is 2.75. The van der Waals surface area contributed by atoms with Gasteiger partial charge in [-0.25, -0.2) is 4.39 Å². The van der Waals surface area contributed by atoms with E-state index in [4.69, 9.17) is 15.2 Å². The molecule has 3 heterocycles. The fraction of sp³-hybridized carbons (Fsp3) is 0.364. The molecule has 5 nitrogen and oxygen atoms in total. The molecule has 146 valence electrons. The van der Waals surface area contributed by atoms with Crippen LogP contribution in [0.3, 0.4) is 0 Å². The normalized spacial score (nSPS) is 21.3. The van der Waals surface area contributed by atoms with Gasteiger partial charge in [-0.1, -0.05) is 24.3 Å². The smallest absolute Gasteiger partial charge is 0.169 e. The lowest BCUT2D eigenvalue weighted by Gasteiger charge is -2.43. The number of alkyl halides is 1. The highest BCUT2D eigenvalue weighted by Gasteiger charge is 2.44. The number of nitrogens with one attached hydrogen (secondary N) is 1. The Bertz CT molecular complexity index is 1030. The maximum Gasteiger partial charge on any atom is 0.169 e. The summed E-state index contributed by atoms with van der Waals surface area (Å²) in [5.41, 5.74) is 9.85. The molecular formula is C22H24FN3O2. The number of aromatic nitrogens is 1. The van der Waals surface area contributed by atoms with Gasteiger partial charge in [-0.15, -0.1) is 0 Å². The van der Waals surface area contributed by atoms with Crippen molar-refractivity contribution in [2.24, 2.45) is 0 Å². The molecule has 1 aromatic heterocycles. The first-order valence-electron chi connectivity index (χ1n) is 9.61. The van der Waals surface area contributed by atoms with Gasteiger partial charge in [0.2, 0.25) is 0 Å². The second-order valence-corrected chi connectivity index (χ2v) is 7.83. The molecule has 0 radical (unpaired) electrons. The van der Waals surface area contributed by atoms with Crippen LogP contribution >= 0.6 is 0 Å². The Kier molecular flexibility index (Phi) is 4.07. The molecule has 2 aromatic carbocycles. The number of nitrogens with two attached hydrogens (primary N) is 1. The average molecular weight is 381 g/mol. The lowest BCUT2D eigenvalue weighted by molar-refractivity contribution is -0.144. The van der Waals surface area contributed by atoms with Gasteiger partial charge >= 0.3 is 0 Å². The number of hydrogen-bond acceptors (Lipinski definition) is 4. The lowest BCUT2D eigenvalue weighted by atomic mass is 9.90. The van der Waals surface area contributed by atoms with Crippen LogP contribution < -0.4 is 10.5 Å². The number of fused-ring (bicyclic) bond motifs is 3. The van der Waals surface area contributed by atoms with E-state index in [0.717, 1.165) is 35.5 Å². The summed E-state index contributed by atoms with van der Waals surface area (Å²) < 4.78 is 25.8. The summed E-state index contributed by atoms with van der Waals surface area (Å²) in [5.74, 6) is 0.722. The summed E-state index contributed by atoms with van der Waals surface area (Å²) in [6.45, 7) is 1.43. The van der Waals surface area contributed by atoms with Crippen molar-refractivity contribution in [2.75, 3.05) is 39.1 Å². The standard InChI is InChI=1S/C22H24FN3O2/c1-27-19-10-14(24)6-7-17(19)21-20-16(15-4-2-3-5-18(15)25-20)8-9-26(21)11-22(23)12-28-13-22/h2-7,10,21,25H,8-9,11-13,24H2,1H3. The van der Waals surface area contributed by atoms with Crippen molar-refractivity contribution in [3.63, 3.8) is 0 Å². The largest absolute Gasteiger partial charge is 0.496 e. The minimum absolute atomic E-state index is 0.125. The van der Waals surface area contributed by atoms with Crippen molar-refractivity contribution < 1.29 is 13.9 Å². The molecule has 0 bridgehead atoms. The number of anilines is 1. The van der Waals surface area contributed by atoms with Crippen LogP contribution in [0.1, 0.15) is 22.9 Å². The number of benzene rings is 2. The van der Waals surface area contributed by atoms with E-state index in [-0.39, 0.29) is 19.3 Å². The minimum Gasteiger partial charge on any atom is -0.496 e. The first kappa shape index (κ1) is 17.5. The van der Waals surface area contributed by atoms with E-state index in [1.54, 1.807) is 7.11 Å².